The van der Waals surface area contributed by atoms with E-state index in [0.29, 0.717) is 12.3 Å². The van der Waals surface area contributed by atoms with E-state index < -0.39 is 13.9 Å². The molecule has 24 heavy (non-hydrogen) atoms. The molecule has 4 nitrogen and oxygen atoms in total. The van der Waals surface area contributed by atoms with Gasteiger partial charge in [0.05, 0.1) is 19.1 Å². The van der Waals surface area contributed by atoms with Gasteiger partial charge in [-0.05, 0) is 57.2 Å². The first-order valence-electron chi connectivity index (χ1n) is 9.25. The van der Waals surface area contributed by atoms with Gasteiger partial charge < -0.3 is 14.3 Å². The molecule has 0 amide bonds. The first kappa shape index (κ1) is 21.6. The molecule has 1 saturated carbocycles. The van der Waals surface area contributed by atoms with Crippen LogP contribution >= 0.6 is 0 Å². The Labute approximate surface area is 149 Å². The fraction of sp³-hybridized carbons (Fsp3) is 0.947. The van der Waals surface area contributed by atoms with Gasteiger partial charge in [-0.2, -0.15) is 0 Å². The highest BCUT2D eigenvalue weighted by molar-refractivity contribution is 6.74. The third kappa shape index (κ3) is 7.24. The number of esters is 1. The molecule has 0 aromatic heterocycles. The molecule has 0 heterocycles. The van der Waals surface area contributed by atoms with Crippen LogP contribution in [0, 0.1) is 11.8 Å². The van der Waals surface area contributed by atoms with Gasteiger partial charge in [0.2, 0.25) is 0 Å². The molecule has 1 fully saturated rings. The van der Waals surface area contributed by atoms with Crippen LogP contribution in [0.3, 0.4) is 0 Å². The van der Waals surface area contributed by atoms with Crippen molar-refractivity contribution in [2.75, 3.05) is 6.61 Å². The molecule has 2 atom stereocenters. The van der Waals surface area contributed by atoms with E-state index in [-0.39, 0.29) is 29.6 Å². The Morgan fingerprint density at radius 2 is 1.71 bits per heavy atom. The van der Waals surface area contributed by atoms with E-state index in [1.807, 2.05) is 20.8 Å². The fourth-order valence-electron chi connectivity index (χ4n) is 2.58. The second-order valence-corrected chi connectivity index (χ2v) is 14.6. The van der Waals surface area contributed by atoms with Gasteiger partial charge in [0, 0.05) is 0 Å². The number of aliphatic hydroxyl groups is 1. The van der Waals surface area contributed by atoms with Gasteiger partial charge in [-0.3, -0.25) is 4.79 Å². The Morgan fingerprint density at radius 1 is 1.17 bits per heavy atom. The summed E-state index contributed by atoms with van der Waals surface area (Å²) in [5, 5.41) is 10.0. The Bertz CT molecular complexity index is 416. The highest BCUT2D eigenvalue weighted by Gasteiger charge is 2.42. The lowest BCUT2D eigenvalue weighted by Crippen LogP contribution is -2.47. The average molecular weight is 359 g/mol. The third-order valence-corrected chi connectivity index (χ3v) is 9.64. The monoisotopic (exact) mass is 358 g/mol. The van der Waals surface area contributed by atoms with Gasteiger partial charge in [-0.25, -0.2) is 0 Å². The summed E-state index contributed by atoms with van der Waals surface area (Å²) in [4.78, 5) is 12.3. The summed E-state index contributed by atoms with van der Waals surface area (Å²) >= 11 is 0. The van der Waals surface area contributed by atoms with E-state index in [1.54, 1.807) is 0 Å². The maximum atomic E-state index is 12.3. The van der Waals surface area contributed by atoms with E-state index >= 15 is 0 Å². The first-order valence-corrected chi connectivity index (χ1v) is 12.2. The van der Waals surface area contributed by atoms with Crippen molar-refractivity contribution in [3.8, 4) is 0 Å². The number of carbonyl (C=O) groups is 1. The second kappa shape index (κ2) is 7.88. The highest BCUT2D eigenvalue weighted by atomic mass is 28.4. The Balaban J connectivity index is 2.81. The lowest BCUT2D eigenvalue weighted by molar-refractivity contribution is -0.157. The minimum Gasteiger partial charge on any atom is -0.460 e. The molecule has 142 valence electrons. The van der Waals surface area contributed by atoms with Crippen LogP contribution in [0.4, 0.5) is 0 Å². The maximum Gasteiger partial charge on any atom is 0.306 e. The van der Waals surface area contributed by atoms with Crippen molar-refractivity contribution >= 4 is 14.3 Å². The number of carbonyl (C=O) groups excluding carboxylic acids is 1. The predicted octanol–water partition coefficient (Wildman–Crippen LogP) is 4.52. The molecule has 0 aromatic carbocycles. The Hall–Kier alpha value is -0.393. The average Bonchev–Trinajstić information content (AvgIpc) is 3.15. The molecule has 1 aliphatic rings. The van der Waals surface area contributed by atoms with Crippen molar-refractivity contribution in [3.05, 3.63) is 0 Å². The van der Waals surface area contributed by atoms with Crippen molar-refractivity contribution in [2.24, 2.45) is 11.8 Å². The van der Waals surface area contributed by atoms with E-state index in [0.717, 1.165) is 6.42 Å². The Kier molecular flexibility index (Phi) is 7.10. The summed E-state index contributed by atoms with van der Waals surface area (Å²) in [6.07, 6.45) is 3.44. The summed E-state index contributed by atoms with van der Waals surface area (Å²) in [7, 11) is -1.99. The smallest absolute Gasteiger partial charge is 0.306 e. The second-order valence-electron chi connectivity index (χ2n) is 9.83. The minimum atomic E-state index is -1.99. The summed E-state index contributed by atoms with van der Waals surface area (Å²) < 4.78 is 12.0. The molecule has 1 rings (SSSR count). The molecule has 1 aliphatic carbocycles. The van der Waals surface area contributed by atoms with Crippen LogP contribution in [0.15, 0.2) is 0 Å². The van der Waals surface area contributed by atoms with Gasteiger partial charge in [0.25, 0.3) is 0 Å². The van der Waals surface area contributed by atoms with Crippen molar-refractivity contribution < 1.29 is 19.1 Å². The first-order chi connectivity index (χ1) is 10.7. The van der Waals surface area contributed by atoms with E-state index in [1.165, 1.54) is 12.8 Å². The van der Waals surface area contributed by atoms with Crippen molar-refractivity contribution in [2.45, 2.75) is 97.1 Å². The Morgan fingerprint density at radius 3 is 2.08 bits per heavy atom. The summed E-state index contributed by atoms with van der Waals surface area (Å²) in [5.74, 6) is 0.520. The molecule has 0 aliphatic heterocycles. The lowest BCUT2D eigenvalue weighted by atomic mass is 9.93. The molecule has 5 heteroatoms. The van der Waals surface area contributed by atoms with Gasteiger partial charge in [0.1, 0.15) is 5.60 Å². The van der Waals surface area contributed by atoms with Crippen LogP contribution in [0.1, 0.15) is 67.2 Å². The van der Waals surface area contributed by atoms with Gasteiger partial charge >= 0.3 is 5.97 Å². The number of rotatable bonds is 8. The number of hydrogen-bond donors (Lipinski definition) is 1. The molecule has 0 spiro atoms. The third-order valence-electron chi connectivity index (χ3n) is 5.14. The molecule has 0 saturated heterocycles. The highest BCUT2D eigenvalue weighted by Crippen LogP contribution is 2.41. The largest absolute Gasteiger partial charge is 0.460 e. The predicted molar refractivity (Wildman–Crippen MR) is 100 cm³/mol. The molecular formula is C19H38O4Si. The molecule has 0 radical (unpaired) electrons. The van der Waals surface area contributed by atoms with Crippen molar-refractivity contribution in [1.29, 1.82) is 0 Å². The maximum absolute atomic E-state index is 12.3. The van der Waals surface area contributed by atoms with Gasteiger partial charge in [-0.1, -0.05) is 33.6 Å². The number of hydrogen-bond acceptors (Lipinski definition) is 4. The summed E-state index contributed by atoms with van der Waals surface area (Å²) in [6, 6.07) is 0. The molecule has 0 unspecified atom stereocenters. The number of ether oxygens (including phenoxy) is 1. The number of aliphatic hydroxyl groups excluding tert-OH is 1. The standard InChI is InChI=1S/C19H38O4Si/c1-18(2,3)22-17(21)12-15(11-14-9-10-14)16(13-20)23-24(7,8)19(4,5)6/h14-16,20H,9-13H2,1-8H3/t15-,16-/m1/s1. The van der Waals surface area contributed by atoms with E-state index in [2.05, 4.69) is 33.9 Å². The quantitative estimate of drug-likeness (QED) is 0.512. The lowest BCUT2D eigenvalue weighted by Gasteiger charge is -2.41. The van der Waals surface area contributed by atoms with Crippen LogP contribution in [-0.2, 0) is 14.0 Å². The summed E-state index contributed by atoms with van der Waals surface area (Å²) in [5.41, 5.74) is -0.476. The molecule has 0 aromatic rings. The zero-order valence-corrected chi connectivity index (χ0v) is 17.9. The van der Waals surface area contributed by atoms with Crippen LogP contribution in [-0.4, -0.2) is 37.7 Å². The van der Waals surface area contributed by atoms with Crippen LogP contribution < -0.4 is 0 Å². The molecule has 1 N–H and O–H groups in total. The molecular weight excluding hydrogens is 320 g/mol. The van der Waals surface area contributed by atoms with Crippen LogP contribution in [0.25, 0.3) is 0 Å². The van der Waals surface area contributed by atoms with E-state index in [9.17, 15) is 9.90 Å². The van der Waals surface area contributed by atoms with Crippen LogP contribution in [0.5, 0.6) is 0 Å². The zero-order valence-electron chi connectivity index (χ0n) is 16.9. The van der Waals surface area contributed by atoms with Crippen molar-refractivity contribution in [3.63, 3.8) is 0 Å². The fourth-order valence-corrected chi connectivity index (χ4v) is 3.96. The van der Waals surface area contributed by atoms with E-state index in [4.69, 9.17) is 9.16 Å². The normalized spacial score (nSPS) is 19.0. The van der Waals surface area contributed by atoms with Crippen molar-refractivity contribution in [1.82, 2.24) is 0 Å². The van der Waals surface area contributed by atoms with Crippen LogP contribution in [0.2, 0.25) is 18.1 Å². The minimum absolute atomic E-state index is 0.0338. The SMILES string of the molecule is CC(C)(C)OC(=O)C[C@@H](CC1CC1)[C@@H](CO)O[Si](C)(C)C(C)(C)C. The topological polar surface area (TPSA) is 55.8 Å². The van der Waals surface area contributed by atoms with Gasteiger partial charge in [-0.15, -0.1) is 0 Å². The zero-order chi connectivity index (χ0) is 18.8. The van der Waals surface area contributed by atoms with Gasteiger partial charge in [0.15, 0.2) is 8.32 Å². The summed E-state index contributed by atoms with van der Waals surface area (Å²) in [6.45, 7) is 16.6. The molecule has 0 bridgehead atoms.